The summed E-state index contributed by atoms with van der Waals surface area (Å²) in [5.41, 5.74) is 14.3. The van der Waals surface area contributed by atoms with E-state index in [0.717, 1.165) is 55.7 Å². The molecule has 0 N–H and O–H groups in total. The van der Waals surface area contributed by atoms with Crippen molar-refractivity contribution < 1.29 is 4.42 Å². The van der Waals surface area contributed by atoms with E-state index in [1.807, 2.05) is 0 Å². The number of furan rings is 1. The molecule has 254 valence electrons. The predicted octanol–water partition coefficient (Wildman–Crippen LogP) is 14.9. The topological polar surface area (TPSA) is 16.4 Å². The van der Waals surface area contributed by atoms with Crippen molar-refractivity contribution in [3.63, 3.8) is 0 Å². The van der Waals surface area contributed by atoms with E-state index in [1.54, 1.807) is 0 Å². The quantitative estimate of drug-likeness (QED) is 0.166. The maximum atomic E-state index is 6.96. The van der Waals surface area contributed by atoms with Gasteiger partial charge in [0.25, 0.3) is 0 Å². The zero-order chi connectivity index (χ0) is 35.8. The van der Waals surface area contributed by atoms with Crippen molar-refractivity contribution in [2.45, 2.75) is 0 Å². The summed E-state index contributed by atoms with van der Waals surface area (Å²) in [5.74, 6) is 0. The summed E-state index contributed by atoms with van der Waals surface area (Å²) in [6, 6.07) is 75.7. The summed E-state index contributed by atoms with van der Waals surface area (Å²) in [4.78, 5) is 2.35. The third-order valence-corrected chi connectivity index (χ3v) is 10.5. The fourth-order valence-corrected chi connectivity index (χ4v) is 7.89. The third-order valence-electron chi connectivity index (χ3n) is 10.5. The summed E-state index contributed by atoms with van der Waals surface area (Å²) in [6.45, 7) is 0. The van der Waals surface area contributed by atoms with Crippen LogP contribution in [0, 0.1) is 0 Å². The fourth-order valence-electron chi connectivity index (χ4n) is 7.89. The van der Waals surface area contributed by atoms with E-state index in [1.165, 1.54) is 38.6 Å². The second-order valence-electron chi connectivity index (χ2n) is 13.7. The molecule has 1 heterocycles. The zero-order valence-corrected chi connectivity index (χ0v) is 29.6. The molecule has 0 saturated carbocycles. The minimum atomic E-state index is 0.858. The molecule has 0 aliphatic heterocycles. The van der Waals surface area contributed by atoms with E-state index >= 15 is 0 Å². The molecule has 2 nitrogen and oxygen atoms in total. The van der Waals surface area contributed by atoms with E-state index in [9.17, 15) is 0 Å². The smallest absolute Gasteiger partial charge is 0.159 e. The standard InChI is InChI=1S/C52H35NO/c1-4-15-37(16-5-1)43-34-31-41(35-48(43)40-19-8-3-9-20-40)36-29-32-42(33-30-36)53(49-27-12-22-38-21-10-11-23-44(38)49)50-28-14-26-47-46-25-13-24-45(51(46)54-52(47)50)39-17-6-2-7-18-39/h1-35H. The van der Waals surface area contributed by atoms with Crippen molar-refractivity contribution in [3.8, 4) is 44.5 Å². The number of rotatable bonds is 7. The maximum Gasteiger partial charge on any atom is 0.159 e. The van der Waals surface area contributed by atoms with Gasteiger partial charge in [0.2, 0.25) is 0 Å². The van der Waals surface area contributed by atoms with Gasteiger partial charge in [0.05, 0.1) is 11.4 Å². The Morgan fingerprint density at radius 3 is 1.54 bits per heavy atom. The van der Waals surface area contributed by atoms with Crippen molar-refractivity contribution in [1.82, 2.24) is 0 Å². The van der Waals surface area contributed by atoms with Crippen LogP contribution in [-0.4, -0.2) is 0 Å². The molecule has 54 heavy (non-hydrogen) atoms. The molecular formula is C52H35NO. The van der Waals surface area contributed by atoms with Crippen LogP contribution < -0.4 is 4.90 Å². The van der Waals surface area contributed by atoms with Crippen LogP contribution in [0.3, 0.4) is 0 Å². The number of anilines is 3. The van der Waals surface area contributed by atoms with Crippen molar-refractivity contribution in [2.75, 3.05) is 4.90 Å². The summed E-state index contributed by atoms with van der Waals surface area (Å²) in [5, 5.41) is 4.56. The van der Waals surface area contributed by atoms with Crippen LogP contribution >= 0.6 is 0 Å². The molecule has 0 spiro atoms. The Labute approximate surface area is 314 Å². The molecule has 0 bridgehead atoms. The molecule has 10 rings (SSSR count). The average molecular weight is 690 g/mol. The highest BCUT2D eigenvalue weighted by atomic mass is 16.3. The van der Waals surface area contributed by atoms with E-state index in [-0.39, 0.29) is 0 Å². The lowest BCUT2D eigenvalue weighted by molar-refractivity contribution is 0.670. The van der Waals surface area contributed by atoms with Gasteiger partial charge in [0.15, 0.2) is 5.58 Å². The van der Waals surface area contributed by atoms with E-state index in [4.69, 9.17) is 4.42 Å². The monoisotopic (exact) mass is 689 g/mol. The third kappa shape index (κ3) is 5.53. The Hall–Kier alpha value is -7.16. The molecule has 0 fully saturated rings. The largest absolute Gasteiger partial charge is 0.453 e. The average Bonchev–Trinajstić information content (AvgIpc) is 3.65. The lowest BCUT2D eigenvalue weighted by atomic mass is 9.91. The molecule has 0 saturated heterocycles. The Kier molecular flexibility index (Phi) is 7.85. The molecule has 0 atom stereocenters. The lowest BCUT2D eigenvalue weighted by Crippen LogP contribution is -2.10. The van der Waals surface area contributed by atoms with E-state index in [2.05, 4.69) is 217 Å². The van der Waals surface area contributed by atoms with Gasteiger partial charge in [-0.2, -0.15) is 0 Å². The minimum Gasteiger partial charge on any atom is -0.453 e. The summed E-state index contributed by atoms with van der Waals surface area (Å²) >= 11 is 0. The van der Waals surface area contributed by atoms with Crippen LogP contribution in [0.4, 0.5) is 17.1 Å². The van der Waals surface area contributed by atoms with Gasteiger partial charge in [0, 0.05) is 27.4 Å². The molecule has 2 heteroatoms. The molecule has 0 amide bonds. The molecular weight excluding hydrogens is 655 g/mol. The Morgan fingerprint density at radius 1 is 0.296 bits per heavy atom. The Bertz CT molecular complexity index is 2910. The molecule has 0 unspecified atom stereocenters. The molecule has 0 radical (unpaired) electrons. The second kappa shape index (κ2) is 13.4. The minimum absolute atomic E-state index is 0.858. The number of hydrogen-bond acceptors (Lipinski definition) is 2. The Balaban J connectivity index is 1.14. The summed E-state index contributed by atoms with van der Waals surface area (Å²) < 4.78 is 6.96. The van der Waals surface area contributed by atoms with Gasteiger partial charge in [-0.1, -0.05) is 182 Å². The highest BCUT2D eigenvalue weighted by Gasteiger charge is 2.22. The van der Waals surface area contributed by atoms with Crippen LogP contribution in [0.1, 0.15) is 0 Å². The number of nitrogens with zero attached hydrogens (tertiary/aromatic N) is 1. The molecule has 9 aromatic carbocycles. The molecule has 1 aromatic heterocycles. The maximum absolute atomic E-state index is 6.96. The SMILES string of the molecule is c1ccc(-c2ccc(-c3ccc(N(c4cccc5ccccc45)c4cccc5c4oc4c(-c6ccccc6)cccc45)cc3)cc2-c2ccccc2)cc1. The number of hydrogen-bond donors (Lipinski definition) is 0. The van der Waals surface area contributed by atoms with Gasteiger partial charge in [-0.3, -0.25) is 0 Å². The van der Waals surface area contributed by atoms with Crippen LogP contribution in [0.25, 0.3) is 77.2 Å². The first-order chi connectivity index (χ1) is 26.8. The van der Waals surface area contributed by atoms with Gasteiger partial charge >= 0.3 is 0 Å². The van der Waals surface area contributed by atoms with Gasteiger partial charge < -0.3 is 9.32 Å². The van der Waals surface area contributed by atoms with Crippen molar-refractivity contribution >= 4 is 49.8 Å². The van der Waals surface area contributed by atoms with Gasteiger partial charge in [-0.25, -0.2) is 0 Å². The van der Waals surface area contributed by atoms with Crippen LogP contribution in [0.15, 0.2) is 217 Å². The predicted molar refractivity (Wildman–Crippen MR) is 228 cm³/mol. The van der Waals surface area contributed by atoms with Crippen LogP contribution in [0.2, 0.25) is 0 Å². The fraction of sp³-hybridized carbons (Fsp3) is 0. The van der Waals surface area contributed by atoms with Crippen molar-refractivity contribution in [1.29, 1.82) is 0 Å². The number of benzene rings is 9. The first-order valence-electron chi connectivity index (χ1n) is 18.4. The Morgan fingerprint density at radius 2 is 0.815 bits per heavy atom. The summed E-state index contributed by atoms with van der Waals surface area (Å²) in [6.07, 6.45) is 0. The van der Waals surface area contributed by atoms with Crippen LogP contribution in [-0.2, 0) is 0 Å². The number of fused-ring (bicyclic) bond motifs is 4. The zero-order valence-electron chi connectivity index (χ0n) is 29.6. The summed E-state index contributed by atoms with van der Waals surface area (Å²) in [7, 11) is 0. The molecule has 10 aromatic rings. The van der Waals surface area contributed by atoms with Gasteiger partial charge in [-0.15, -0.1) is 0 Å². The van der Waals surface area contributed by atoms with Gasteiger partial charge in [0.1, 0.15) is 5.58 Å². The van der Waals surface area contributed by atoms with Gasteiger partial charge in [-0.05, 0) is 74.7 Å². The normalized spacial score (nSPS) is 11.3. The van der Waals surface area contributed by atoms with Crippen LogP contribution in [0.5, 0.6) is 0 Å². The van der Waals surface area contributed by atoms with E-state index < -0.39 is 0 Å². The first-order valence-corrected chi connectivity index (χ1v) is 18.4. The second-order valence-corrected chi connectivity index (χ2v) is 13.7. The first kappa shape index (κ1) is 31.6. The van der Waals surface area contributed by atoms with Crippen molar-refractivity contribution in [3.05, 3.63) is 212 Å². The molecule has 0 aliphatic carbocycles. The van der Waals surface area contributed by atoms with E-state index in [0.29, 0.717) is 0 Å². The number of para-hydroxylation sites is 2. The highest BCUT2D eigenvalue weighted by molar-refractivity contribution is 6.14. The molecule has 0 aliphatic rings. The highest BCUT2D eigenvalue weighted by Crippen LogP contribution is 2.46. The van der Waals surface area contributed by atoms with Crippen molar-refractivity contribution in [2.24, 2.45) is 0 Å². The lowest BCUT2D eigenvalue weighted by Gasteiger charge is -2.27.